The molecule has 0 spiro atoms. The molecule has 0 aliphatic rings. The van der Waals surface area contributed by atoms with Crippen molar-refractivity contribution < 1.29 is 8.85 Å². The van der Waals surface area contributed by atoms with E-state index in [1.165, 1.54) is 6.42 Å². The van der Waals surface area contributed by atoms with Crippen molar-refractivity contribution in [2.45, 2.75) is 39.8 Å². The van der Waals surface area contributed by atoms with Gasteiger partial charge in [-0.1, -0.05) is 6.92 Å². The fourth-order valence-corrected chi connectivity index (χ4v) is 4.02. The van der Waals surface area contributed by atoms with E-state index in [0.29, 0.717) is 0 Å². The Balaban J connectivity index is 3.84. The van der Waals surface area contributed by atoms with Crippen LogP contribution in [0.2, 0.25) is 12.6 Å². The number of nitrogens with zero attached hydrogens (tertiary/aromatic N) is 1. The van der Waals surface area contributed by atoms with Crippen LogP contribution < -0.4 is 0 Å². The van der Waals surface area contributed by atoms with Crippen molar-refractivity contribution >= 4 is 8.56 Å². The van der Waals surface area contributed by atoms with E-state index < -0.39 is 8.56 Å². The van der Waals surface area contributed by atoms with Crippen LogP contribution in [-0.2, 0) is 8.85 Å². The van der Waals surface area contributed by atoms with Gasteiger partial charge in [-0.05, 0) is 53.0 Å². The molecule has 15 heavy (non-hydrogen) atoms. The van der Waals surface area contributed by atoms with Gasteiger partial charge in [-0.15, -0.1) is 0 Å². The fraction of sp³-hybridized carbons (Fsp3) is 1.00. The zero-order valence-electron chi connectivity index (χ0n) is 11.0. The highest BCUT2D eigenvalue weighted by Gasteiger charge is 2.29. The minimum absolute atomic E-state index is 0.770. The van der Waals surface area contributed by atoms with Crippen LogP contribution in [0.4, 0.5) is 0 Å². The molecule has 0 heterocycles. The maximum absolute atomic E-state index is 5.78. The lowest BCUT2D eigenvalue weighted by atomic mass is 10.4. The summed E-state index contributed by atoms with van der Waals surface area (Å²) in [5.41, 5.74) is 0. The van der Waals surface area contributed by atoms with Crippen LogP contribution in [0.1, 0.15) is 27.2 Å². The topological polar surface area (TPSA) is 21.7 Å². The van der Waals surface area contributed by atoms with Gasteiger partial charge in [0.2, 0.25) is 0 Å². The molecule has 0 atom stereocenters. The molecule has 0 saturated heterocycles. The average Bonchev–Trinajstić information content (AvgIpc) is 2.18. The van der Waals surface area contributed by atoms with E-state index in [1.807, 2.05) is 13.8 Å². The third kappa shape index (κ3) is 7.06. The summed E-state index contributed by atoms with van der Waals surface area (Å²) in [6, 6.07) is 1.10. The minimum Gasteiger partial charge on any atom is -0.395 e. The molecular weight excluding hydrogens is 206 g/mol. The molecule has 0 saturated carbocycles. The second-order valence-corrected chi connectivity index (χ2v) is 7.34. The van der Waals surface area contributed by atoms with E-state index in [1.54, 1.807) is 0 Å². The summed E-state index contributed by atoms with van der Waals surface area (Å²) in [5, 5.41) is 0. The summed E-state index contributed by atoms with van der Waals surface area (Å²) in [6.07, 6.45) is 1.17. The quantitative estimate of drug-likeness (QED) is 0.571. The summed E-state index contributed by atoms with van der Waals surface area (Å²) >= 11 is 0. The van der Waals surface area contributed by atoms with Crippen molar-refractivity contribution in [1.82, 2.24) is 4.90 Å². The molecule has 0 unspecified atom stereocenters. The van der Waals surface area contributed by atoms with Crippen LogP contribution in [0.25, 0.3) is 0 Å². The molecule has 0 N–H and O–H groups in total. The van der Waals surface area contributed by atoms with E-state index in [4.69, 9.17) is 8.85 Å². The summed E-state index contributed by atoms with van der Waals surface area (Å²) < 4.78 is 11.6. The van der Waals surface area contributed by atoms with Gasteiger partial charge in [0.25, 0.3) is 0 Å². The van der Waals surface area contributed by atoms with E-state index in [-0.39, 0.29) is 0 Å². The first kappa shape index (κ1) is 15.1. The Hall–Kier alpha value is 0.0969. The third-order valence-corrected chi connectivity index (χ3v) is 5.67. The van der Waals surface area contributed by atoms with Gasteiger partial charge in [-0.3, -0.25) is 0 Å². The number of hydrogen-bond donors (Lipinski definition) is 0. The van der Waals surface area contributed by atoms with E-state index in [2.05, 4.69) is 25.4 Å². The fourth-order valence-electron chi connectivity index (χ4n) is 1.62. The molecule has 92 valence electrons. The average molecular weight is 233 g/mol. The minimum atomic E-state index is -1.86. The third-order valence-electron chi connectivity index (χ3n) is 2.61. The number of hydrogen-bond acceptors (Lipinski definition) is 3. The highest BCUT2D eigenvalue weighted by Crippen LogP contribution is 2.15. The lowest BCUT2D eigenvalue weighted by Crippen LogP contribution is -2.39. The summed E-state index contributed by atoms with van der Waals surface area (Å²) in [5.74, 6) is 0. The van der Waals surface area contributed by atoms with Crippen molar-refractivity contribution in [2.24, 2.45) is 0 Å². The van der Waals surface area contributed by atoms with Gasteiger partial charge in [0.15, 0.2) is 0 Å². The van der Waals surface area contributed by atoms with Crippen LogP contribution in [0, 0.1) is 0 Å². The van der Waals surface area contributed by atoms with Crippen molar-refractivity contribution in [3.8, 4) is 0 Å². The molecule has 0 aromatic carbocycles. The van der Waals surface area contributed by atoms with E-state index >= 15 is 0 Å². The Morgan fingerprint density at radius 1 is 1.07 bits per heavy atom. The van der Waals surface area contributed by atoms with Gasteiger partial charge in [0.1, 0.15) is 0 Å². The second-order valence-electron chi connectivity index (χ2n) is 4.00. The van der Waals surface area contributed by atoms with Crippen molar-refractivity contribution in [3.05, 3.63) is 0 Å². The molecule has 0 aliphatic heterocycles. The molecule has 0 rings (SSSR count). The first-order valence-electron chi connectivity index (χ1n) is 6.04. The molecule has 0 bridgehead atoms. The van der Waals surface area contributed by atoms with Crippen LogP contribution in [0.3, 0.4) is 0 Å². The van der Waals surface area contributed by atoms with Crippen molar-refractivity contribution in [3.63, 3.8) is 0 Å². The van der Waals surface area contributed by atoms with E-state index in [9.17, 15) is 0 Å². The van der Waals surface area contributed by atoms with Gasteiger partial charge >= 0.3 is 8.56 Å². The maximum Gasteiger partial charge on any atom is 0.334 e. The molecular formula is C11H27NO2Si. The van der Waals surface area contributed by atoms with Gasteiger partial charge in [-0.2, -0.15) is 0 Å². The highest BCUT2D eigenvalue weighted by molar-refractivity contribution is 6.66. The van der Waals surface area contributed by atoms with Gasteiger partial charge in [0, 0.05) is 13.2 Å². The van der Waals surface area contributed by atoms with Gasteiger partial charge < -0.3 is 13.8 Å². The van der Waals surface area contributed by atoms with Crippen LogP contribution in [0.5, 0.6) is 0 Å². The zero-order valence-corrected chi connectivity index (χ0v) is 12.0. The summed E-state index contributed by atoms with van der Waals surface area (Å²) in [4.78, 5) is 2.33. The lowest BCUT2D eigenvalue weighted by molar-refractivity contribution is 0.186. The smallest absolute Gasteiger partial charge is 0.334 e. The zero-order chi connectivity index (χ0) is 11.7. The Labute approximate surface area is 96.0 Å². The standard InChI is InChI=1S/C11H27NO2Si/c1-6-12(4)10-9-11-15(5,13-7-2)14-8-3/h6-11H2,1-5H3. The maximum atomic E-state index is 5.78. The predicted octanol–water partition coefficient (Wildman–Crippen LogP) is 2.47. The normalized spacial score (nSPS) is 12.4. The Kier molecular flexibility index (Phi) is 8.33. The summed E-state index contributed by atoms with van der Waals surface area (Å²) in [6.45, 7) is 12.2. The molecule has 0 radical (unpaired) electrons. The molecule has 3 nitrogen and oxygen atoms in total. The molecule has 0 aromatic heterocycles. The van der Waals surface area contributed by atoms with Crippen molar-refractivity contribution in [1.29, 1.82) is 0 Å². The van der Waals surface area contributed by atoms with Crippen LogP contribution in [-0.4, -0.2) is 46.8 Å². The van der Waals surface area contributed by atoms with Gasteiger partial charge in [0.05, 0.1) is 0 Å². The Morgan fingerprint density at radius 2 is 1.60 bits per heavy atom. The molecule has 0 aliphatic carbocycles. The SMILES string of the molecule is CCO[Si](C)(CCCN(C)CC)OCC. The molecule has 0 aromatic rings. The van der Waals surface area contributed by atoms with Crippen molar-refractivity contribution in [2.75, 3.05) is 33.4 Å². The molecule has 0 fully saturated rings. The van der Waals surface area contributed by atoms with Gasteiger partial charge in [-0.25, -0.2) is 0 Å². The Bertz CT molecular complexity index is 150. The number of rotatable bonds is 9. The monoisotopic (exact) mass is 233 g/mol. The Morgan fingerprint density at radius 3 is 2.00 bits per heavy atom. The first-order valence-corrected chi connectivity index (χ1v) is 8.56. The van der Waals surface area contributed by atoms with E-state index in [0.717, 1.165) is 32.3 Å². The first-order chi connectivity index (χ1) is 7.08. The molecule has 4 heteroatoms. The predicted molar refractivity (Wildman–Crippen MR) is 67.5 cm³/mol. The second kappa shape index (κ2) is 8.27. The lowest BCUT2D eigenvalue weighted by Gasteiger charge is -2.26. The highest BCUT2D eigenvalue weighted by atomic mass is 28.4. The van der Waals surface area contributed by atoms with Crippen LogP contribution in [0.15, 0.2) is 0 Å². The van der Waals surface area contributed by atoms with Crippen LogP contribution >= 0.6 is 0 Å². The molecule has 0 amide bonds. The summed E-state index contributed by atoms with van der Waals surface area (Å²) in [7, 11) is 0.297. The largest absolute Gasteiger partial charge is 0.395 e.